The third-order valence-electron chi connectivity index (χ3n) is 3.81. The highest BCUT2D eigenvalue weighted by atomic mass is 127. The molecule has 0 aromatic heterocycles. The number of carbonyl (C=O) groups is 3. The molecule has 3 amide bonds. The van der Waals surface area contributed by atoms with Crippen LogP contribution in [0, 0.1) is 3.57 Å². The van der Waals surface area contributed by atoms with Gasteiger partial charge in [0.25, 0.3) is 11.1 Å². The van der Waals surface area contributed by atoms with Gasteiger partial charge in [-0.3, -0.25) is 19.3 Å². The van der Waals surface area contributed by atoms with Crippen molar-refractivity contribution >= 4 is 63.2 Å². The van der Waals surface area contributed by atoms with Crippen LogP contribution in [-0.2, 0) is 9.59 Å². The van der Waals surface area contributed by atoms with Gasteiger partial charge in [-0.1, -0.05) is 18.2 Å². The Kier molecular flexibility index (Phi) is 6.74. The zero-order chi connectivity index (χ0) is 20.1. The van der Waals surface area contributed by atoms with Crippen molar-refractivity contribution in [1.82, 2.24) is 4.90 Å². The molecule has 1 aliphatic rings. The van der Waals surface area contributed by atoms with Crippen LogP contribution in [0.4, 0.5) is 10.5 Å². The van der Waals surface area contributed by atoms with E-state index in [1.54, 1.807) is 24.3 Å². The highest BCUT2D eigenvalue weighted by Crippen LogP contribution is 2.33. The average molecular weight is 508 g/mol. The summed E-state index contributed by atoms with van der Waals surface area (Å²) in [6.07, 6.45) is 1.62. The molecule has 0 bridgehead atoms. The molecule has 0 atom stereocenters. The number of nitrogens with one attached hydrogen (secondary N) is 1. The summed E-state index contributed by atoms with van der Waals surface area (Å²) in [6, 6.07) is 14.5. The van der Waals surface area contributed by atoms with Gasteiger partial charge in [0, 0.05) is 14.8 Å². The first kappa shape index (κ1) is 20.4. The monoisotopic (exact) mass is 508 g/mol. The Balaban J connectivity index is 1.71. The number of carbonyl (C=O) groups excluding carboxylic acids is 3. The molecule has 0 radical (unpaired) electrons. The Morgan fingerprint density at radius 2 is 1.89 bits per heavy atom. The second-order valence-electron chi connectivity index (χ2n) is 5.79. The molecule has 0 aliphatic carbocycles. The van der Waals surface area contributed by atoms with Gasteiger partial charge in [-0.05, 0) is 77.7 Å². The van der Waals surface area contributed by atoms with E-state index in [9.17, 15) is 14.4 Å². The molecule has 28 heavy (non-hydrogen) atoms. The van der Waals surface area contributed by atoms with Crippen molar-refractivity contribution in [3.8, 4) is 5.75 Å². The molecule has 1 fully saturated rings. The second-order valence-corrected chi connectivity index (χ2v) is 8.03. The average Bonchev–Trinajstić information content (AvgIpc) is 2.93. The maximum atomic E-state index is 12.6. The number of anilines is 1. The van der Waals surface area contributed by atoms with Crippen molar-refractivity contribution in [2.45, 2.75) is 6.92 Å². The molecule has 8 heteroatoms. The van der Waals surface area contributed by atoms with Gasteiger partial charge < -0.3 is 10.1 Å². The number of benzene rings is 2. The van der Waals surface area contributed by atoms with Crippen molar-refractivity contribution in [2.75, 3.05) is 18.5 Å². The summed E-state index contributed by atoms with van der Waals surface area (Å²) in [7, 11) is 0. The number of thioether (sulfide) groups is 1. The summed E-state index contributed by atoms with van der Waals surface area (Å²) in [5.41, 5.74) is 1.32. The van der Waals surface area contributed by atoms with E-state index in [0.29, 0.717) is 23.6 Å². The number of nitrogens with zero attached hydrogens (tertiary/aromatic N) is 1. The van der Waals surface area contributed by atoms with Crippen molar-refractivity contribution in [1.29, 1.82) is 0 Å². The van der Waals surface area contributed by atoms with Crippen LogP contribution < -0.4 is 10.1 Å². The predicted molar refractivity (Wildman–Crippen MR) is 118 cm³/mol. The third-order valence-corrected chi connectivity index (χ3v) is 5.44. The summed E-state index contributed by atoms with van der Waals surface area (Å²) in [5.74, 6) is -0.285. The molecule has 0 saturated carbocycles. The van der Waals surface area contributed by atoms with Crippen LogP contribution in [0.1, 0.15) is 12.5 Å². The summed E-state index contributed by atoms with van der Waals surface area (Å²) >= 11 is 2.98. The smallest absolute Gasteiger partial charge is 0.294 e. The van der Waals surface area contributed by atoms with Crippen LogP contribution >= 0.6 is 34.4 Å². The number of ether oxygens (including phenoxy) is 1. The SMILES string of the molecule is CCOc1ccccc1/C=C1/SC(=O)N(CC(=O)Nc2ccc(I)cc2)C1=O. The number of amides is 3. The van der Waals surface area contributed by atoms with Crippen molar-refractivity contribution in [2.24, 2.45) is 0 Å². The summed E-state index contributed by atoms with van der Waals surface area (Å²) in [4.78, 5) is 38.3. The molecule has 1 aliphatic heterocycles. The lowest BCUT2D eigenvalue weighted by Crippen LogP contribution is -2.36. The molecule has 1 heterocycles. The van der Waals surface area contributed by atoms with Gasteiger partial charge in [-0.2, -0.15) is 0 Å². The molecule has 3 rings (SSSR count). The normalized spacial score (nSPS) is 15.2. The maximum Gasteiger partial charge on any atom is 0.294 e. The molecule has 1 saturated heterocycles. The Morgan fingerprint density at radius 1 is 1.18 bits per heavy atom. The predicted octanol–water partition coefficient (Wildman–Crippen LogP) is 4.36. The summed E-state index contributed by atoms with van der Waals surface area (Å²) < 4.78 is 6.59. The third kappa shape index (κ3) is 4.93. The number of hydrogen-bond donors (Lipinski definition) is 1. The first-order valence-electron chi connectivity index (χ1n) is 8.50. The largest absolute Gasteiger partial charge is 0.493 e. The molecule has 0 unspecified atom stereocenters. The first-order chi connectivity index (χ1) is 13.5. The van der Waals surface area contributed by atoms with E-state index in [1.807, 2.05) is 37.3 Å². The highest BCUT2D eigenvalue weighted by molar-refractivity contribution is 14.1. The first-order valence-corrected chi connectivity index (χ1v) is 10.4. The van der Waals surface area contributed by atoms with Crippen LogP contribution in [-0.4, -0.2) is 35.1 Å². The molecule has 2 aromatic rings. The molecular weight excluding hydrogens is 491 g/mol. The maximum absolute atomic E-state index is 12.6. The number of hydrogen-bond acceptors (Lipinski definition) is 5. The van der Waals surface area contributed by atoms with Crippen LogP contribution in [0.2, 0.25) is 0 Å². The minimum absolute atomic E-state index is 0.263. The van der Waals surface area contributed by atoms with Gasteiger partial charge in [0.2, 0.25) is 5.91 Å². The van der Waals surface area contributed by atoms with E-state index in [4.69, 9.17) is 4.74 Å². The lowest BCUT2D eigenvalue weighted by atomic mass is 10.2. The van der Waals surface area contributed by atoms with Crippen molar-refractivity contribution in [3.63, 3.8) is 0 Å². The fourth-order valence-corrected chi connectivity index (χ4v) is 3.73. The van der Waals surface area contributed by atoms with Crippen molar-refractivity contribution < 1.29 is 19.1 Å². The van der Waals surface area contributed by atoms with Gasteiger partial charge in [0.05, 0.1) is 11.5 Å². The topological polar surface area (TPSA) is 75.7 Å². The molecule has 144 valence electrons. The van der Waals surface area contributed by atoms with E-state index >= 15 is 0 Å². The van der Waals surface area contributed by atoms with Crippen molar-refractivity contribution in [3.05, 3.63) is 62.6 Å². The zero-order valence-electron chi connectivity index (χ0n) is 15.0. The Bertz CT molecular complexity index is 943. The Morgan fingerprint density at radius 3 is 2.61 bits per heavy atom. The minimum Gasteiger partial charge on any atom is -0.493 e. The van der Waals surface area contributed by atoms with E-state index in [0.717, 1.165) is 20.2 Å². The van der Waals surface area contributed by atoms with E-state index < -0.39 is 17.1 Å². The summed E-state index contributed by atoms with van der Waals surface area (Å²) in [6.45, 7) is 2.03. The minimum atomic E-state index is -0.487. The van der Waals surface area contributed by atoms with E-state index in [2.05, 4.69) is 27.9 Å². The molecular formula is C20H17IN2O4S. The molecule has 0 spiro atoms. The standard InChI is InChI=1S/C20H17IN2O4S/c1-2-27-16-6-4-3-5-13(16)11-17-19(25)23(20(26)28-17)12-18(24)22-15-9-7-14(21)8-10-15/h3-11H,2,12H2,1H3,(H,22,24)/b17-11+. The number of halogens is 1. The lowest BCUT2D eigenvalue weighted by Gasteiger charge is -2.12. The fourth-order valence-electron chi connectivity index (χ4n) is 2.54. The lowest BCUT2D eigenvalue weighted by molar-refractivity contribution is -0.127. The fraction of sp³-hybridized carbons (Fsp3) is 0.150. The van der Waals surface area contributed by atoms with Crippen LogP contribution in [0.3, 0.4) is 0 Å². The van der Waals surface area contributed by atoms with Crippen LogP contribution in [0.15, 0.2) is 53.4 Å². The molecule has 1 N–H and O–H groups in total. The van der Waals surface area contributed by atoms with E-state index in [-0.39, 0.29) is 11.4 Å². The Hall–Kier alpha value is -2.33. The summed E-state index contributed by atoms with van der Waals surface area (Å²) in [5, 5.41) is 2.22. The molecule has 2 aromatic carbocycles. The number of para-hydroxylation sites is 1. The van der Waals surface area contributed by atoms with Gasteiger partial charge in [-0.25, -0.2) is 0 Å². The quantitative estimate of drug-likeness (QED) is 0.464. The molecule has 6 nitrogen and oxygen atoms in total. The highest BCUT2D eigenvalue weighted by Gasteiger charge is 2.36. The Labute approximate surface area is 180 Å². The van der Waals surface area contributed by atoms with Gasteiger partial charge in [0.1, 0.15) is 12.3 Å². The number of imide groups is 1. The van der Waals surface area contributed by atoms with Gasteiger partial charge >= 0.3 is 0 Å². The second kappa shape index (κ2) is 9.24. The zero-order valence-corrected chi connectivity index (χ0v) is 18.0. The van der Waals surface area contributed by atoms with Crippen LogP contribution in [0.5, 0.6) is 5.75 Å². The number of rotatable bonds is 6. The van der Waals surface area contributed by atoms with Crippen LogP contribution in [0.25, 0.3) is 6.08 Å². The van der Waals surface area contributed by atoms with E-state index in [1.165, 1.54) is 0 Å². The van der Waals surface area contributed by atoms with Gasteiger partial charge in [-0.15, -0.1) is 0 Å². The van der Waals surface area contributed by atoms with Gasteiger partial charge in [0.15, 0.2) is 0 Å².